The maximum Gasteiger partial charge on any atom is 0.242 e. The van der Waals surface area contributed by atoms with Gasteiger partial charge < -0.3 is 19.4 Å². The van der Waals surface area contributed by atoms with Crippen LogP contribution in [0.15, 0.2) is 24.3 Å². The Morgan fingerprint density at radius 2 is 2.14 bits per heavy atom. The van der Waals surface area contributed by atoms with Crippen molar-refractivity contribution in [2.24, 2.45) is 5.92 Å². The Bertz CT molecular complexity index is 694. The molecule has 6 heteroatoms. The molecule has 0 radical (unpaired) electrons. The van der Waals surface area contributed by atoms with E-state index in [2.05, 4.69) is 17.0 Å². The van der Waals surface area contributed by atoms with Crippen molar-refractivity contribution in [3.63, 3.8) is 0 Å². The molecule has 1 aromatic carbocycles. The van der Waals surface area contributed by atoms with Crippen LogP contribution in [-0.4, -0.2) is 79.4 Å². The van der Waals surface area contributed by atoms with Gasteiger partial charge in [0.2, 0.25) is 11.8 Å². The molecule has 0 aliphatic carbocycles. The summed E-state index contributed by atoms with van der Waals surface area (Å²) in [4.78, 5) is 30.7. The molecule has 2 amide bonds. The second kappa shape index (κ2) is 10.6. The van der Waals surface area contributed by atoms with Gasteiger partial charge in [-0.3, -0.25) is 9.59 Å². The molecular formula is C23H35N3O3. The molecule has 3 rings (SSSR count). The highest BCUT2D eigenvalue weighted by Gasteiger charge is 2.27. The largest absolute Gasteiger partial charge is 0.497 e. The highest BCUT2D eigenvalue weighted by Crippen LogP contribution is 2.20. The molecule has 2 saturated heterocycles. The second-order valence-corrected chi connectivity index (χ2v) is 8.26. The fourth-order valence-electron chi connectivity index (χ4n) is 4.47. The molecule has 2 fully saturated rings. The van der Waals surface area contributed by atoms with Crippen LogP contribution >= 0.6 is 0 Å². The molecule has 0 bridgehead atoms. The summed E-state index contributed by atoms with van der Waals surface area (Å²) in [6.45, 7) is 7.72. The lowest BCUT2D eigenvalue weighted by Gasteiger charge is -2.36. The van der Waals surface area contributed by atoms with Crippen LogP contribution in [0.3, 0.4) is 0 Å². The monoisotopic (exact) mass is 401 g/mol. The van der Waals surface area contributed by atoms with Crippen LogP contribution < -0.4 is 4.74 Å². The lowest BCUT2D eigenvalue weighted by atomic mass is 9.96. The number of likely N-dealkylation sites (tertiary alicyclic amines) is 2. The van der Waals surface area contributed by atoms with Crippen molar-refractivity contribution in [2.45, 2.75) is 39.0 Å². The topological polar surface area (TPSA) is 53.1 Å². The van der Waals surface area contributed by atoms with Crippen molar-refractivity contribution in [1.82, 2.24) is 14.7 Å². The maximum atomic E-state index is 12.7. The van der Waals surface area contributed by atoms with E-state index in [4.69, 9.17) is 4.74 Å². The quantitative estimate of drug-likeness (QED) is 0.638. The van der Waals surface area contributed by atoms with Gasteiger partial charge in [0, 0.05) is 39.1 Å². The summed E-state index contributed by atoms with van der Waals surface area (Å²) < 4.78 is 5.32. The molecule has 2 aliphatic heterocycles. The molecule has 29 heavy (non-hydrogen) atoms. The van der Waals surface area contributed by atoms with E-state index < -0.39 is 0 Å². The van der Waals surface area contributed by atoms with E-state index in [-0.39, 0.29) is 18.4 Å². The summed E-state index contributed by atoms with van der Waals surface area (Å²) in [6, 6.07) is 8.29. The molecule has 0 aromatic heterocycles. The Morgan fingerprint density at radius 3 is 2.86 bits per heavy atom. The molecular weight excluding hydrogens is 366 g/mol. The highest BCUT2D eigenvalue weighted by molar-refractivity contribution is 5.85. The van der Waals surface area contributed by atoms with Crippen molar-refractivity contribution in [3.8, 4) is 5.75 Å². The Hall–Kier alpha value is -2.08. The SMILES string of the molecule is CCN(C[C@@H]1CCCN(CCc2cccc(OC)c2)C1)C(=O)CN1CCCC1=O. The number of nitrogens with zero attached hydrogens (tertiary/aromatic N) is 3. The van der Waals surface area contributed by atoms with Gasteiger partial charge in [0.1, 0.15) is 5.75 Å². The minimum absolute atomic E-state index is 0.0938. The minimum Gasteiger partial charge on any atom is -0.497 e. The molecule has 6 nitrogen and oxygen atoms in total. The van der Waals surface area contributed by atoms with E-state index in [1.54, 1.807) is 12.0 Å². The van der Waals surface area contributed by atoms with Gasteiger partial charge in [-0.25, -0.2) is 0 Å². The second-order valence-electron chi connectivity index (χ2n) is 8.26. The lowest BCUT2D eigenvalue weighted by Crippen LogP contribution is -2.46. The van der Waals surface area contributed by atoms with Crippen molar-refractivity contribution in [2.75, 3.05) is 52.9 Å². The molecule has 0 spiro atoms. The molecule has 1 atom stereocenters. The standard InChI is InChI=1S/C23H35N3O3/c1-3-25(23(28)18-26-13-6-10-22(26)27)17-20-8-5-12-24(16-20)14-11-19-7-4-9-21(15-19)29-2/h4,7,9,15,20H,3,5-6,8,10-14,16-18H2,1-2H3/t20-/m1/s1. The number of carbonyl (C=O) groups excluding carboxylic acids is 2. The van der Waals surface area contributed by atoms with E-state index in [0.29, 0.717) is 18.9 Å². The zero-order chi connectivity index (χ0) is 20.6. The van der Waals surface area contributed by atoms with Crippen LogP contribution in [0, 0.1) is 5.92 Å². The highest BCUT2D eigenvalue weighted by atomic mass is 16.5. The number of hydrogen-bond acceptors (Lipinski definition) is 4. The van der Waals surface area contributed by atoms with Crippen LogP contribution in [0.1, 0.15) is 38.2 Å². The average molecular weight is 402 g/mol. The first-order chi connectivity index (χ1) is 14.1. The number of methoxy groups -OCH3 is 1. The van der Waals surface area contributed by atoms with E-state index in [9.17, 15) is 9.59 Å². The fraction of sp³-hybridized carbons (Fsp3) is 0.652. The predicted octanol–water partition coefficient (Wildman–Crippen LogP) is 2.42. The van der Waals surface area contributed by atoms with Crippen LogP contribution in [-0.2, 0) is 16.0 Å². The summed E-state index contributed by atoms with van der Waals surface area (Å²) in [5.41, 5.74) is 1.30. The summed E-state index contributed by atoms with van der Waals surface area (Å²) >= 11 is 0. The average Bonchev–Trinajstić information content (AvgIpc) is 3.15. The van der Waals surface area contributed by atoms with Gasteiger partial charge in [-0.05, 0) is 62.8 Å². The van der Waals surface area contributed by atoms with Crippen LogP contribution in [0.4, 0.5) is 0 Å². The Labute approximate surface area is 174 Å². The third-order valence-corrected chi connectivity index (χ3v) is 6.16. The summed E-state index contributed by atoms with van der Waals surface area (Å²) in [5.74, 6) is 1.63. The van der Waals surface area contributed by atoms with E-state index in [1.165, 1.54) is 18.4 Å². The van der Waals surface area contributed by atoms with Crippen molar-refractivity contribution >= 4 is 11.8 Å². The Morgan fingerprint density at radius 1 is 1.28 bits per heavy atom. The number of benzene rings is 1. The van der Waals surface area contributed by atoms with Gasteiger partial charge in [-0.15, -0.1) is 0 Å². The van der Waals surface area contributed by atoms with Gasteiger partial charge in [0.15, 0.2) is 0 Å². The van der Waals surface area contributed by atoms with Gasteiger partial charge in [0.25, 0.3) is 0 Å². The number of ether oxygens (including phenoxy) is 1. The third kappa shape index (κ3) is 6.20. The van der Waals surface area contributed by atoms with Gasteiger partial charge in [-0.1, -0.05) is 12.1 Å². The normalized spacial score (nSPS) is 20.1. The molecule has 0 N–H and O–H groups in total. The number of rotatable bonds is 9. The van der Waals surface area contributed by atoms with Gasteiger partial charge in [-0.2, -0.15) is 0 Å². The Balaban J connectivity index is 1.47. The minimum atomic E-state index is 0.0938. The molecule has 1 aromatic rings. The number of piperidine rings is 1. The first-order valence-corrected chi connectivity index (χ1v) is 11.0. The number of hydrogen-bond donors (Lipinski definition) is 0. The number of amides is 2. The van der Waals surface area contributed by atoms with Crippen molar-refractivity contribution in [3.05, 3.63) is 29.8 Å². The van der Waals surface area contributed by atoms with Crippen molar-refractivity contribution in [1.29, 1.82) is 0 Å². The van der Waals surface area contributed by atoms with Crippen LogP contribution in [0.2, 0.25) is 0 Å². The van der Waals surface area contributed by atoms with E-state index in [0.717, 1.165) is 51.3 Å². The number of likely N-dealkylation sites (N-methyl/N-ethyl adjacent to an activating group) is 1. The van der Waals surface area contributed by atoms with E-state index in [1.807, 2.05) is 24.0 Å². The van der Waals surface area contributed by atoms with Crippen LogP contribution in [0.25, 0.3) is 0 Å². The van der Waals surface area contributed by atoms with Crippen LogP contribution in [0.5, 0.6) is 5.75 Å². The van der Waals surface area contributed by atoms with E-state index >= 15 is 0 Å². The lowest BCUT2D eigenvalue weighted by molar-refractivity contribution is -0.138. The maximum absolute atomic E-state index is 12.7. The summed E-state index contributed by atoms with van der Waals surface area (Å²) in [6.07, 6.45) is 4.83. The molecule has 2 aliphatic rings. The third-order valence-electron chi connectivity index (χ3n) is 6.16. The zero-order valence-corrected chi connectivity index (χ0v) is 17.9. The molecule has 0 saturated carbocycles. The molecule has 160 valence electrons. The molecule has 2 heterocycles. The fourth-order valence-corrected chi connectivity index (χ4v) is 4.47. The van der Waals surface area contributed by atoms with Gasteiger partial charge in [0.05, 0.1) is 13.7 Å². The van der Waals surface area contributed by atoms with Gasteiger partial charge >= 0.3 is 0 Å². The molecule has 0 unspecified atom stereocenters. The first-order valence-electron chi connectivity index (χ1n) is 11.0. The zero-order valence-electron chi connectivity index (χ0n) is 17.9. The smallest absolute Gasteiger partial charge is 0.242 e. The summed E-state index contributed by atoms with van der Waals surface area (Å²) in [5, 5.41) is 0. The first kappa shape index (κ1) is 21.6. The Kier molecular flexibility index (Phi) is 7.92. The predicted molar refractivity (Wildman–Crippen MR) is 114 cm³/mol. The summed E-state index contributed by atoms with van der Waals surface area (Å²) in [7, 11) is 1.70. The van der Waals surface area contributed by atoms with Crippen molar-refractivity contribution < 1.29 is 14.3 Å². The number of carbonyl (C=O) groups is 2.